The number of aromatic nitrogens is 2. The van der Waals surface area contributed by atoms with Crippen LogP contribution in [0.25, 0.3) is 21.9 Å². The third-order valence-corrected chi connectivity index (χ3v) is 6.39. The van der Waals surface area contributed by atoms with Gasteiger partial charge in [-0.15, -0.1) is 0 Å². The van der Waals surface area contributed by atoms with Gasteiger partial charge in [0.05, 0.1) is 19.8 Å². The molecule has 0 unspecified atom stereocenters. The summed E-state index contributed by atoms with van der Waals surface area (Å²) in [4.78, 5) is 23.9. The lowest BCUT2D eigenvalue weighted by Crippen LogP contribution is -2.13. The van der Waals surface area contributed by atoms with Gasteiger partial charge in [-0.25, -0.2) is 14.8 Å². The molecule has 0 N–H and O–H groups in total. The third-order valence-electron chi connectivity index (χ3n) is 6.39. The topological polar surface area (TPSA) is 73.8 Å². The van der Waals surface area contributed by atoms with Crippen LogP contribution in [0, 0.1) is 13.8 Å². The van der Waals surface area contributed by atoms with E-state index in [1.807, 2.05) is 36.2 Å². The van der Waals surface area contributed by atoms with Gasteiger partial charge in [0.2, 0.25) is 5.95 Å². The first-order valence-corrected chi connectivity index (χ1v) is 10.9. The van der Waals surface area contributed by atoms with Gasteiger partial charge < -0.3 is 19.1 Å². The Bertz CT molecular complexity index is 1430. The van der Waals surface area contributed by atoms with Gasteiger partial charge in [0.25, 0.3) is 0 Å². The molecule has 1 aliphatic heterocycles. The van der Waals surface area contributed by atoms with Crippen LogP contribution >= 0.6 is 0 Å². The molecule has 172 valence electrons. The lowest BCUT2D eigenvalue weighted by atomic mass is 9.91. The van der Waals surface area contributed by atoms with Crippen LogP contribution in [0.15, 0.2) is 48.8 Å². The molecule has 4 aromatic rings. The van der Waals surface area contributed by atoms with Crippen molar-refractivity contribution in [3.63, 3.8) is 0 Å². The summed E-state index contributed by atoms with van der Waals surface area (Å²) < 4.78 is 16.4. The summed E-state index contributed by atoms with van der Waals surface area (Å²) in [6.07, 6.45) is 3.49. The molecule has 0 saturated carbocycles. The van der Waals surface area contributed by atoms with Crippen molar-refractivity contribution in [3.8, 4) is 22.6 Å². The van der Waals surface area contributed by atoms with Crippen LogP contribution in [-0.2, 0) is 11.3 Å². The molecule has 0 spiro atoms. The normalized spacial score (nSPS) is 12.4. The largest absolute Gasteiger partial charge is 0.493 e. The fourth-order valence-corrected chi connectivity index (χ4v) is 4.32. The molecule has 0 bridgehead atoms. The van der Waals surface area contributed by atoms with Crippen LogP contribution < -0.4 is 14.4 Å². The van der Waals surface area contributed by atoms with Crippen molar-refractivity contribution in [1.29, 1.82) is 0 Å². The molecular weight excluding hydrogens is 430 g/mol. The van der Waals surface area contributed by atoms with E-state index in [0.717, 1.165) is 33.2 Å². The summed E-state index contributed by atoms with van der Waals surface area (Å²) in [6.45, 7) is 4.41. The standard InChI is InChI=1S/C27H25N3O4/c1-15-6-7-20(8-16(15)2)30(3)27-28-12-19(13-29-27)24-21-11-23(33-5)22(32-4)10-17(21)9-18-14-34-26(31)25(18)24/h6-13H,14H2,1-5H3. The fourth-order valence-electron chi connectivity index (χ4n) is 4.32. The maximum atomic E-state index is 12.7. The van der Waals surface area contributed by atoms with Crippen molar-refractivity contribution >= 4 is 28.4 Å². The molecule has 1 aliphatic rings. The molecule has 5 rings (SSSR count). The third kappa shape index (κ3) is 3.50. The van der Waals surface area contributed by atoms with Gasteiger partial charge in [0.15, 0.2) is 11.5 Å². The SMILES string of the molecule is COc1cc2cc3c(c(-c4cnc(N(C)c5ccc(C)c(C)c5)nc4)c2cc1OC)C(=O)OC3. The minimum Gasteiger partial charge on any atom is -0.493 e. The Morgan fingerprint density at radius 3 is 2.29 bits per heavy atom. The molecule has 0 saturated heterocycles. The number of esters is 1. The maximum absolute atomic E-state index is 12.7. The van der Waals surface area contributed by atoms with Crippen LogP contribution in [0.4, 0.5) is 11.6 Å². The van der Waals surface area contributed by atoms with Crippen LogP contribution in [0.5, 0.6) is 11.5 Å². The van der Waals surface area contributed by atoms with Crippen molar-refractivity contribution in [1.82, 2.24) is 9.97 Å². The summed E-state index contributed by atoms with van der Waals surface area (Å²) in [6, 6.07) is 12.0. The minimum absolute atomic E-state index is 0.236. The Labute approximate surface area is 197 Å². The fraction of sp³-hybridized carbons (Fsp3) is 0.222. The molecule has 0 fully saturated rings. The quantitative estimate of drug-likeness (QED) is 0.375. The van der Waals surface area contributed by atoms with E-state index in [0.29, 0.717) is 23.0 Å². The second-order valence-corrected chi connectivity index (χ2v) is 8.39. The number of nitrogens with zero attached hydrogens (tertiary/aromatic N) is 3. The van der Waals surface area contributed by atoms with E-state index < -0.39 is 0 Å². The number of rotatable bonds is 5. The number of hydrogen-bond donors (Lipinski definition) is 0. The van der Waals surface area contributed by atoms with Gasteiger partial charge in [-0.3, -0.25) is 0 Å². The zero-order valence-corrected chi connectivity index (χ0v) is 19.8. The van der Waals surface area contributed by atoms with E-state index in [1.165, 1.54) is 11.1 Å². The minimum atomic E-state index is -0.349. The Balaban J connectivity index is 1.64. The Hall–Kier alpha value is -4.13. The lowest BCUT2D eigenvalue weighted by Gasteiger charge is -2.19. The number of ether oxygens (including phenoxy) is 3. The monoisotopic (exact) mass is 455 g/mol. The molecule has 34 heavy (non-hydrogen) atoms. The van der Waals surface area contributed by atoms with Crippen molar-refractivity contribution in [2.75, 3.05) is 26.2 Å². The van der Waals surface area contributed by atoms with Crippen LogP contribution in [-0.4, -0.2) is 37.2 Å². The number of cyclic esters (lactones) is 1. The molecule has 0 aliphatic carbocycles. The summed E-state index contributed by atoms with van der Waals surface area (Å²) in [5.41, 5.74) is 6.27. The Kier molecular flexibility index (Phi) is 5.32. The number of fused-ring (bicyclic) bond motifs is 2. The van der Waals surface area contributed by atoms with Gasteiger partial charge in [-0.2, -0.15) is 0 Å². The van der Waals surface area contributed by atoms with Gasteiger partial charge in [-0.05, 0) is 66.1 Å². The number of carbonyl (C=O) groups is 1. The highest BCUT2D eigenvalue weighted by molar-refractivity contribution is 6.11. The predicted molar refractivity (Wildman–Crippen MR) is 131 cm³/mol. The number of methoxy groups -OCH3 is 2. The number of hydrogen-bond acceptors (Lipinski definition) is 7. The second-order valence-electron chi connectivity index (χ2n) is 8.39. The van der Waals surface area contributed by atoms with Crippen molar-refractivity contribution < 1.29 is 19.0 Å². The number of aryl methyl sites for hydroxylation is 2. The molecule has 0 radical (unpaired) electrons. The highest BCUT2D eigenvalue weighted by atomic mass is 16.5. The summed E-state index contributed by atoms with van der Waals surface area (Å²) in [7, 11) is 5.12. The van der Waals surface area contributed by atoms with Crippen molar-refractivity contribution in [2.45, 2.75) is 20.5 Å². The van der Waals surface area contributed by atoms with Crippen LogP contribution in [0.2, 0.25) is 0 Å². The second kappa shape index (κ2) is 8.33. The van der Waals surface area contributed by atoms with Crippen molar-refractivity contribution in [2.24, 2.45) is 0 Å². The van der Waals surface area contributed by atoms with Gasteiger partial charge in [0, 0.05) is 41.8 Å². The van der Waals surface area contributed by atoms with E-state index >= 15 is 0 Å². The van der Waals surface area contributed by atoms with E-state index in [1.54, 1.807) is 26.6 Å². The molecule has 0 atom stereocenters. The average Bonchev–Trinajstić information content (AvgIpc) is 3.23. The zero-order chi connectivity index (χ0) is 24.0. The predicted octanol–water partition coefficient (Wildman–Crippen LogP) is 5.37. The Morgan fingerprint density at radius 2 is 1.62 bits per heavy atom. The summed E-state index contributed by atoms with van der Waals surface area (Å²) in [5, 5.41) is 1.76. The molecular formula is C27H25N3O4. The molecule has 7 nitrogen and oxygen atoms in total. The van der Waals surface area contributed by atoms with Crippen LogP contribution in [0.3, 0.4) is 0 Å². The number of anilines is 2. The first kappa shape index (κ1) is 21.7. The van der Waals surface area contributed by atoms with Crippen LogP contribution in [0.1, 0.15) is 27.0 Å². The molecule has 1 aromatic heterocycles. The van der Waals surface area contributed by atoms with E-state index in [4.69, 9.17) is 14.2 Å². The first-order chi connectivity index (χ1) is 16.4. The van der Waals surface area contributed by atoms with E-state index in [9.17, 15) is 4.79 Å². The Morgan fingerprint density at radius 1 is 0.912 bits per heavy atom. The molecule has 3 aromatic carbocycles. The first-order valence-electron chi connectivity index (χ1n) is 10.9. The van der Waals surface area contributed by atoms with Gasteiger partial charge in [-0.1, -0.05) is 6.07 Å². The number of carbonyl (C=O) groups excluding carboxylic acids is 1. The lowest BCUT2D eigenvalue weighted by molar-refractivity contribution is 0.0535. The van der Waals surface area contributed by atoms with Gasteiger partial charge in [0.1, 0.15) is 6.61 Å². The van der Waals surface area contributed by atoms with Crippen molar-refractivity contribution in [3.05, 3.63) is 71.0 Å². The molecule has 7 heteroatoms. The summed E-state index contributed by atoms with van der Waals surface area (Å²) >= 11 is 0. The maximum Gasteiger partial charge on any atom is 0.339 e. The average molecular weight is 456 g/mol. The zero-order valence-electron chi connectivity index (χ0n) is 19.8. The smallest absolute Gasteiger partial charge is 0.339 e. The summed E-state index contributed by atoms with van der Waals surface area (Å²) in [5.74, 6) is 1.41. The van der Waals surface area contributed by atoms with Gasteiger partial charge >= 0.3 is 5.97 Å². The highest BCUT2D eigenvalue weighted by Gasteiger charge is 2.28. The van der Waals surface area contributed by atoms with E-state index in [-0.39, 0.29) is 12.6 Å². The molecule has 0 amide bonds. The van der Waals surface area contributed by atoms with E-state index in [2.05, 4.69) is 35.9 Å². The highest BCUT2D eigenvalue weighted by Crippen LogP contribution is 2.42. The molecule has 2 heterocycles. The number of benzene rings is 3.